The number of esters is 1. The van der Waals surface area contributed by atoms with Crippen LogP contribution in [-0.4, -0.2) is 24.0 Å². The fraction of sp³-hybridized carbons (Fsp3) is 0.455. The molecular weight excluding hydrogens is 328 g/mol. The topological polar surface area (TPSA) is 52.6 Å². The van der Waals surface area contributed by atoms with E-state index in [4.69, 9.17) is 9.47 Å². The van der Waals surface area contributed by atoms with Crippen LogP contribution in [0.25, 0.3) is 0 Å². The fourth-order valence-corrected chi connectivity index (χ4v) is 4.22. The summed E-state index contributed by atoms with van der Waals surface area (Å²) in [5.41, 5.74) is 1.43. The van der Waals surface area contributed by atoms with Gasteiger partial charge >= 0.3 is 5.97 Å². The zero-order chi connectivity index (χ0) is 18.7. The van der Waals surface area contributed by atoms with Crippen LogP contribution in [-0.2, 0) is 25.7 Å². The number of Topliss-reactive ketones (excluding diaryl/α,β-unsaturated/α-hetero) is 1. The third kappa shape index (κ3) is 3.96. The van der Waals surface area contributed by atoms with Crippen molar-refractivity contribution < 1.29 is 19.1 Å². The summed E-state index contributed by atoms with van der Waals surface area (Å²) >= 11 is 0. The van der Waals surface area contributed by atoms with Gasteiger partial charge in [0, 0.05) is 24.3 Å². The Morgan fingerprint density at radius 3 is 2.65 bits per heavy atom. The van der Waals surface area contributed by atoms with E-state index in [0.29, 0.717) is 25.0 Å². The quantitative estimate of drug-likeness (QED) is 0.442. The number of carbonyl (C=O) groups is 2. The van der Waals surface area contributed by atoms with Gasteiger partial charge in [-0.15, -0.1) is 6.58 Å². The van der Waals surface area contributed by atoms with E-state index in [1.807, 2.05) is 36.4 Å². The van der Waals surface area contributed by atoms with Crippen LogP contribution in [0.4, 0.5) is 0 Å². The van der Waals surface area contributed by atoms with Gasteiger partial charge in [0.05, 0.1) is 12.7 Å². The molecule has 2 fully saturated rings. The first-order valence-corrected chi connectivity index (χ1v) is 9.16. The predicted octanol–water partition coefficient (Wildman–Crippen LogP) is 3.86. The predicted molar refractivity (Wildman–Crippen MR) is 99.2 cm³/mol. The van der Waals surface area contributed by atoms with Crippen molar-refractivity contribution in [1.29, 1.82) is 0 Å². The summed E-state index contributed by atoms with van der Waals surface area (Å²) in [5.74, 6) is 0.230. The Balaban J connectivity index is 1.80. The first kappa shape index (κ1) is 18.6. The average Bonchev–Trinajstić information content (AvgIpc) is 3.00. The third-order valence-corrected chi connectivity index (χ3v) is 5.50. The molecule has 0 aliphatic heterocycles. The molecule has 26 heavy (non-hydrogen) atoms. The minimum Gasteiger partial charge on any atom is -0.456 e. The van der Waals surface area contributed by atoms with Crippen molar-refractivity contribution in [3.8, 4) is 0 Å². The van der Waals surface area contributed by atoms with Crippen LogP contribution in [0.5, 0.6) is 0 Å². The molecule has 0 bridgehead atoms. The van der Waals surface area contributed by atoms with E-state index >= 15 is 0 Å². The van der Waals surface area contributed by atoms with Crippen molar-refractivity contribution in [2.45, 2.75) is 45.0 Å². The van der Waals surface area contributed by atoms with Gasteiger partial charge in [-0.25, -0.2) is 4.79 Å². The molecule has 2 aliphatic carbocycles. The molecule has 0 spiro atoms. The number of hydrogen-bond acceptors (Lipinski definition) is 4. The van der Waals surface area contributed by atoms with E-state index in [9.17, 15) is 9.59 Å². The second-order valence-corrected chi connectivity index (χ2v) is 7.40. The zero-order valence-corrected chi connectivity index (χ0v) is 15.2. The van der Waals surface area contributed by atoms with Crippen LogP contribution in [0.3, 0.4) is 0 Å². The van der Waals surface area contributed by atoms with Crippen LogP contribution in [0.2, 0.25) is 0 Å². The molecule has 1 aromatic rings. The first-order valence-electron chi connectivity index (χ1n) is 9.16. The van der Waals surface area contributed by atoms with Gasteiger partial charge in [-0.1, -0.05) is 43.0 Å². The summed E-state index contributed by atoms with van der Waals surface area (Å²) < 4.78 is 11.9. The Bertz CT molecular complexity index is 693. The second-order valence-electron chi connectivity index (χ2n) is 7.40. The van der Waals surface area contributed by atoms with Crippen LogP contribution in [0.1, 0.15) is 31.7 Å². The zero-order valence-electron chi connectivity index (χ0n) is 15.2. The number of carbonyl (C=O) groups excluding carboxylic acids is 2. The van der Waals surface area contributed by atoms with Crippen molar-refractivity contribution in [2.75, 3.05) is 0 Å². The standard InChI is InChI=1S/C22H26O4/c1-4-18-19-12-17(23)10-16(19)11-20(21(18)26-22(24)14(2)3)25-13-15-8-6-5-7-9-15/h4-9,16,18-21H,1-2,10-13H2,3H3/t16-,18+,19-,20-,21-/m0/s1. The second kappa shape index (κ2) is 8.00. The van der Waals surface area contributed by atoms with Crippen molar-refractivity contribution >= 4 is 11.8 Å². The minimum atomic E-state index is -0.437. The molecule has 5 atom stereocenters. The van der Waals surface area contributed by atoms with Gasteiger partial charge in [-0.3, -0.25) is 4.79 Å². The van der Waals surface area contributed by atoms with E-state index in [1.165, 1.54) is 0 Å². The van der Waals surface area contributed by atoms with Crippen LogP contribution < -0.4 is 0 Å². The highest BCUT2D eigenvalue weighted by Crippen LogP contribution is 2.46. The molecule has 3 rings (SSSR count). The lowest BCUT2D eigenvalue weighted by molar-refractivity contribution is -0.168. The maximum Gasteiger partial charge on any atom is 0.333 e. The molecule has 0 aromatic heterocycles. The molecule has 0 radical (unpaired) electrons. The number of benzene rings is 1. The molecule has 0 heterocycles. The van der Waals surface area contributed by atoms with Crippen LogP contribution in [0, 0.1) is 17.8 Å². The van der Waals surface area contributed by atoms with Crippen molar-refractivity contribution in [2.24, 2.45) is 17.8 Å². The molecular formula is C22H26O4. The number of ether oxygens (including phenoxy) is 2. The van der Waals surface area contributed by atoms with Gasteiger partial charge in [0.1, 0.15) is 11.9 Å². The van der Waals surface area contributed by atoms with Gasteiger partial charge in [0.25, 0.3) is 0 Å². The van der Waals surface area contributed by atoms with Gasteiger partial charge in [-0.2, -0.15) is 0 Å². The van der Waals surface area contributed by atoms with E-state index in [-0.39, 0.29) is 29.6 Å². The van der Waals surface area contributed by atoms with Crippen LogP contribution >= 0.6 is 0 Å². The highest BCUT2D eigenvalue weighted by Gasteiger charge is 2.49. The Kier molecular flexibility index (Phi) is 5.72. The fourth-order valence-electron chi connectivity index (χ4n) is 4.22. The Hall–Kier alpha value is -2.20. The van der Waals surface area contributed by atoms with Gasteiger partial charge in [0.15, 0.2) is 0 Å². The van der Waals surface area contributed by atoms with E-state index in [2.05, 4.69) is 13.2 Å². The number of ketones is 1. The smallest absolute Gasteiger partial charge is 0.333 e. The molecule has 4 nitrogen and oxygen atoms in total. The Morgan fingerprint density at radius 2 is 2.00 bits per heavy atom. The molecule has 2 aliphatic rings. The molecule has 0 N–H and O–H groups in total. The Labute approximate surface area is 154 Å². The number of hydrogen-bond donors (Lipinski definition) is 0. The minimum absolute atomic E-state index is 0.0794. The van der Waals surface area contributed by atoms with Crippen molar-refractivity contribution in [3.05, 3.63) is 60.7 Å². The normalized spacial score (nSPS) is 30.5. The Morgan fingerprint density at radius 1 is 1.27 bits per heavy atom. The average molecular weight is 354 g/mol. The first-order chi connectivity index (χ1) is 12.5. The number of fused-ring (bicyclic) bond motifs is 1. The molecule has 0 unspecified atom stereocenters. The van der Waals surface area contributed by atoms with Crippen molar-refractivity contribution in [3.63, 3.8) is 0 Å². The maximum absolute atomic E-state index is 12.2. The lowest BCUT2D eigenvalue weighted by atomic mass is 9.70. The number of rotatable bonds is 6. The molecule has 138 valence electrons. The summed E-state index contributed by atoms with van der Waals surface area (Å²) in [6, 6.07) is 9.91. The molecule has 1 aromatic carbocycles. The SMILES string of the molecule is C=C[C@@H]1[C@H]2CC(=O)C[C@H]2C[C@H](OCc2ccccc2)[C@H]1OC(=O)C(=C)C. The summed E-state index contributed by atoms with van der Waals surface area (Å²) in [5, 5.41) is 0. The lowest BCUT2D eigenvalue weighted by Gasteiger charge is -2.42. The lowest BCUT2D eigenvalue weighted by Crippen LogP contribution is -2.48. The summed E-state index contributed by atoms with van der Waals surface area (Å²) in [6.07, 6.45) is 2.97. The van der Waals surface area contributed by atoms with E-state index < -0.39 is 12.1 Å². The van der Waals surface area contributed by atoms with Gasteiger partial charge < -0.3 is 9.47 Å². The van der Waals surface area contributed by atoms with Gasteiger partial charge in [0.2, 0.25) is 0 Å². The molecule has 0 amide bonds. The highest BCUT2D eigenvalue weighted by molar-refractivity contribution is 5.87. The highest BCUT2D eigenvalue weighted by atomic mass is 16.6. The summed E-state index contributed by atoms with van der Waals surface area (Å²) in [7, 11) is 0. The molecule has 0 saturated heterocycles. The largest absolute Gasteiger partial charge is 0.456 e. The van der Waals surface area contributed by atoms with E-state index in [0.717, 1.165) is 12.0 Å². The monoisotopic (exact) mass is 354 g/mol. The third-order valence-electron chi connectivity index (χ3n) is 5.50. The van der Waals surface area contributed by atoms with Gasteiger partial charge in [-0.05, 0) is 30.7 Å². The van der Waals surface area contributed by atoms with E-state index in [1.54, 1.807) is 6.92 Å². The summed E-state index contributed by atoms with van der Waals surface area (Å²) in [6.45, 7) is 9.70. The van der Waals surface area contributed by atoms with Crippen LogP contribution in [0.15, 0.2) is 55.1 Å². The molecule has 4 heteroatoms. The maximum atomic E-state index is 12.2. The molecule has 2 saturated carbocycles. The van der Waals surface area contributed by atoms with Crippen molar-refractivity contribution in [1.82, 2.24) is 0 Å². The summed E-state index contributed by atoms with van der Waals surface area (Å²) in [4.78, 5) is 24.2.